The zero-order valence-corrected chi connectivity index (χ0v) is 9.31. The maximum atomic E-state index is 11.9. The van der Waals surface area contributed by atoms with Crippen molar-refractivity contribution in [2.24, 2.45) is 5.92 Å². The van der Waals surface area contributed by atoms with E-state index < -0.39 is 0 Å². The minimum atomic E-state index is -0.246. The van der Waals surface area contributed by atoms with Crippen molar-refractivity contribution in [1.82, 2.24) is 4.90 Å². The Labute approximate surface area is 98.1 Å². The van der Waals surface area contributed by atoms with Gasteiger partial charge in [0.05, 0.1) is 5.56 Å². The molecule has 0 radical (unpaired) electrons. The molecule has 1 aromatic rings. The molecule has 0 spiro atoms. The van der Waals surface area contributed by atoms with E-state index >= 15 is 0 Å². The second-order valence-electron chi connectivity index (χ2n) is 3.92. The van der Waals surface area contributed by atoms with Crippen LogP contribution in [0.25, 0.3) is 0 Å². The van der Waals surface area contributed by atoms with Crippen LogP contribution in [0, 0.1) is 5.92 Å². The van der Waals surface area contributed by atoms with E-state index in [1.807, 2.05) is 0 Å². The first-order valence-corrected chi connectivity index (χ1v) is 5.38. The first-order valence-electron chi connectivity index (χ1n) is 5.00. The van der Waals surface area contributed by atoms with Crippen molar-refractivity contribution >= 4 is 17.5 Å². The van der Waals surface area contributed by atoms with Gasteiger partial charge in [-0.25, -0.2) is 0 Å². The number of hydrogen-bond donors (Lipinski definition) is 2. The lowest BCUT2D eigenvalue weighted by molar-refractivity contribution is 0.0359. The summed E-state index contributed by atoms with van der Waals surface area (Å²) >= 11 is 5.76. The van der Waals surface area contributed by atoms with Gasteiger partial charge >= 0.3 is 0 Å². The van der Waals surface area contributed by atoms with Crippen LogP contribution < -0.4 is 0 Å². The molecule has 86 valence electrons. The van der Waals surface area contributed by atoms with Gasteiger partial charge in [0, 0.05) is 30.6 Å². The maximum absolute atomic E-state index is 11.9. The molecule has 0 aliphatic carbocycles. The molecule has 16 heavy (non-hydrogen) atoms. The summed E-state index contributed by atoms with van der Waals surface area (Å²) in [6, 6.07) is 4.38. The zero-order chi connectivity index (χ0) is 11.7. The third-order valence-electron chi connectivity index (χ3n) is 2.69. The van der Waals surface area contributed by atoms with Gasteiger partial charge in [0.2, 0.25) is 0 Å². The van der Waals surface area contributed by atoms with E-state index in [-0.39, 0.29) is 29.7 Å². The minimum Gasteiger partial charge on any atom is -0.507 e. The molecular weight excluding hydrogens is 230 g/mol. The predicted octanol–water partition coefficient (Wildman–Crippen LogP) is 1.11. The van der Waals surface area contributed by atoms with Crippen molar-refractivity contribution in [2.75, 3.05) is 19.7 Å². The van der Waals surface area contributed by atoms with Gasteiger partial charge in [-0.05, 0) is 18.2 Å². The average Bonchev–Trinajstić information content (AvgIpc) is 2.20. The van der Waals surface area contributed by atoms with E-state index in [4.69, 9.17) is 16.7 Å². The van der Waals surface area contributed by atoms with Gasteiger partial charge in [-0.1, -0.05) is 11.6 Å². The molecule has 0 saturated carbocycles. The van der Waals surface area contributed by atoms with E-state index in [9.17, 15) is 9.90 Å². The van der Waals surface area contributed by atoms with Crippen molar-refractivity contribution in [1.29, 1.82) is 0 Å². The highest BCUT2D eigenvalue weighted by atomic mass is 35.5. The number of phenols is 1. The second kappa shape index (κ2) is 4.31. The fourth-order valence-corrected chi connectivity index (χ4v) is 1.87. The van der Waals surface area contributed by atoms with Crippen LogP contribution >= 0.6 is 11.6 Å². The van der Waals surface area contributed by atoms with E-state index in [1.54, 1.807) is 4.90 Å². The Morgan fingerprint density at radius 3 is 2.81 bits per heavy atom. The Morgan fingerprint density at radius 2 is 2.19 bits per heavy atom. The molecule has 2 rings (SSSR count). The lowest BCUT2D eigenvalue weighted by Gasteiger charge is -2.38. The minimum absolute atomic E-state index is 0.0677. The number of likely N-dealkylation sites (tertiary alicyclic amines) is 1. The quantitative estimate of drug-likeness (QED) is 0.816. The summed E-state index contributed by atoms with van der Waals surface area (Å²) in [5, 5.41) is 18.8. The van der Waals surface area contributed by atoms with Crippen LogP contribution in [0.1, 0.15) is 10.4 Å². The van der Waals surface area contributed by atoms with Crippen molar-refractivity contribution in [3.8, 4) is 5.75 Å². The van der Waals surface area contributed by atoms with Gasteiger partial charge in [-0.15, -0.1) is 0 Å². The Kier molecular flexibility index (Phi) is 3.03. The van der Waals surface area contributed by atoms with Crippen LogP contribution in [0.4, 0.5) is 0 Å². The first-order chi connectivity index (χ1) is 7.61. The molecule has 1 heterocycles. The summed E-state index contributed by atoms with van der Waals surface area (Å²) in [6.07, 6.45) is 0. The molecule has 1 aliphatic rings. The molecule has 2 N–H and O–H groups in total. The number of aliphatic hydroxyl groups is 1. The summed E-state index contributed by atoms with van der Waals surface area (Å²) in [5.74, 6) is -0.156. The van der Waals surface area contributed by atoms with Gasteiger partial charge in [0.15, 0.2) is 0 Å². The topological polar surface area (TPSA) is 60.8 Å². The highest BCUT2D eigenvalue weighted by Gasteiger charge is 2.31. The van der Waals surface area contributed by atoms with E-state index in [2.05, 4.69) is 0 Å². The van der Waals surface area contributed by atoms with Crippen LogP contribution in [0.3, 0.4) is 0 Å². The van der Waals surface area contributed by atoms with Crippen molar-refractivity contribution in [3.63, 3.8) is 0 Å². The maximum Gasteiger partial charge on any atom is 0.257 e. The number of carbonyl (C=O) groups is 1. The number of rotatable bonds is 2. The van der Waals surface area contributed by atoms with Gasteiger partial charge in [-0.2, -0.15) is 0 Å². The molecule has 1 fully saturated rings. The molecule has 0 bridgehead atoms. The van der Waals surface area contributed by atoms with Crippen LogP contribution in [0.5, 0.6) is 5.75 Å². The SMILES string of the molecule is O=C(c1cc(Cl)ccc1O)N1CC(CO)C1. The monoisotopic (exact) mass is 241 g/mol. The smallest absolute Gasteiger partial charge is 0.257 e. The molecule has 0 aromatic heterocycles. The third-order valence-corrected chi connectivity index (χ3v) is 2.93. The van der Waals surface area contributed by atoms with Crippen molar-refractivity contribution in [3.05, 3.63) is 28.8 Å². The number of carbonyl (C=O) groups excluding carboxylic acids is 1. The molecule has 1 aromatic carbocycles. The summed E-state index contributed by atoms with van der Waals surface area (Å²) in [6.45, 7) is 1.15. The van der Waals surface area contributed by atoms with Crippen LogP contribution in [0.15, 0.2) is 18.2 Å². The highest BCUT2D eigenvalue weighted by molar-refractivity contribution is 6.31. The number of hydrogen-bond acceptors (Lipinski definition) is 3. The number of aliphatic hydroxyl groups excluding tert-OH is 1. The highest BCUT2D eigenvalue weighted by Crippen LogP contribution is 2.26. The normalized spacial score (nSPS) is 16.0. The number of benzene rings is 1. The number of aromatic hydroxyl groups is 1. The van der Waals surface area contributed by atoms with E-state index in [0.717, 1.165) is 0 Å². The van der Waals surface area contributed by atoms with Crippen molar-refractivity contribution < 1.29 is 15.0 Å². The van der Waals surface area contributed by atoms with E-state index in [0.29, 0.717) is 18.1 Å². The van der Waals surface area contributed by atoms with Crippen LogP contribution in [-0.2, 0) is 0 Å². The Bertz CT molecular complexity index is 416. The summed E-state index contributed by atoms with van der Waals surface area (Å²) in [7, 11) is 0. The summed E-state index contributed by atoms with van der Waals surface area (Å²) in [4.78, 5) is 13.5. The van der Waals surface area contributed by atoms with Gasteiger partial charge in [-0.3, -0.25) is 4.79 Å². The van der Waals surface area contributed by atoms with E-state index in [1.165, 1.54) is 18.2 Å². The molecule has 1 aliphatic heterocycles. The molecule has 0 unspecified atom stereocenters. The second-order valence-corrected chi connectivity index (χ2v) is 4.36. The van der Waals surface area contributed by atoms with Gasteiger partial charge < -0.3 is 15.1 Å². The molecular formula is C11H12ClNO3. The van der Waals surface area contributed by atoms with Gasteiger partial charge in [0.1, 0.15) is 5.75 Å². The fraction of sp³-hybridized carbons (Fsp3) is 0.364. The summed E-state index contributed by atoms with van der Waals surface area (Å²) < 4.78 is 0. The molecule has 1 saturated heterocycles. The predicted molar refractivity (Wildman–Crippen MR) is 59.6 cm³/mol. The molecule has 1 amide bonds. The molecule has 5 heteroatoms. The van der Waals surface area contributed by atoms with Crippen LogP contribution in [0.2, 0.25) is 5.02 Å². The number of halogens is 1. The lowest BCUT2D eigenvalue weighted by atomic mass is 10.00. The third kappa shape index (κ3) is 1.99. The fourth-order valence-electron chi connectivity index (χ4n) is 1.70. The Balaban J connectivity index is 2.13. The summed E-state index contributed by atoms with van der Waals surface area (Å²) in [5.41, 5.74) is 0.212. The Hall–Kier alpha value is -1.26. The number of phenolic OH excluding ortho intramolecular Hbond substituents is 1. The van der Waals surface area contributed by atoms with Crippen molar-refractivity contribution in [2.45, 2.75) is 0 Å². The average molecular weight is 242 g/mol. The largest absolute Gasteiger partial charge is 0.507 e. The molecule has 4 nitrogen and oxygen atoms in total. The lowest BCUT2D eigenvalue weighted by Crippen LogP contribution is -2.51. The molecule has 0 atom stereocenters. The standard InChI is InChI=1S/C11H12ClNO3/c12-8-1-2-10(15)9(3-8)11(16)13-4-7(5-13)6-14/h1-3,7,14-15H,4-6H2. The van der Waals surface area contributed by atoms with Gasteiger partial charge in [0.25, 0.3) is 5.91 Å². The Morgan fingerprint density at radius 1 is 1.50 bits per heavy atom. The first kappa shape index (κ1) is 11.2. The van der Waals surface area contributed by atoms with Crippen LogP contribution in [-0.4, -0.2) is 40.7 Å². The number of nitrogens with zero attached hydrogens (tertiary/aromatic N) is 1. The number of amides is 1. The zero-order valence-electron chi connectivity index (χ0n) is 8.56.